The van der Waals surface area contributed by atoms with Crippen LogP contribution in [0.15, 0.2) is 0 Å². The van der Waals surface area contributed by atoms with Gasteiger partial charge in [-0.15, -0.1) is 0 Å². The van der Waals surface area contributed by atoms with Crippen molar-refractivity contribution in [2.75, 3.05) is 0 Å². The van der Waals surface area contributed by atoms with Crippen molar-refractivity contribution in [1.82, 2.24) is 0 Å². The number of hydrogen-bond acceptors (Lipinski definition) is 0. The van der Waals surface area contributed by atoms with E-state index < -0.39 is 0 Å². The fraction of sp³-hybridized carbons (Fsp3) is 1.00. The predicted molar refractivity (Wildman–Crippen MR) is 118 cm³/mol. The first kappa shape index (κ1) is 20.3. The molecule has 0 heterocycles. The summed E-state index contributed by atoms with van der Waals surface area (Å²) < 4.78 is 0. The highest BCUT2D eigenvalue weighted by Crippen LogP contribution is 2.68. The molecule has 27 heavy (non-hydrogen) atoms. The molecule has 4 aliphatic rings. The maximum absolute atomic E-state index is 2.75. The molecule has 0 aliphatic heterocycles. The standard InChI is InChI=1S/C27H48/c1-19(2)9-8-10-20(3)23-14-15-24-22-13-12-21-11-6-7-17-26(21,4)25(22)16-18-27(23,24)5/h19-25H,6-18H2,1-5H3/t20?,21-,22?,23-,24?,25?,26+,27-/m1/s1. The SMILES string of the molecule is CC(C)CCCC(C)[C@H]1CCC2C3CC[C@H]4CCCC[C@]4(C)C3CC[C@@]21C. The average Bonchev–Trinajstić information content (AvgIpc) is 2.98. The molecule has 4 saturated carbocycles. The molecule has 4 fully saturated rings. The lowest BCUT2D eigenvalue weighted by molar-refractivity contribution is -0.114. The van der Waals surface area contributed by atoms with Crippen LogP contribution < -0.4 is 0 Å². The van der Waals surface area contributed by atoms with Gasteiger partial charge < -0.3 is 0 Å². The van der Waals surface area contributed by atoms with Crippen molar-refractivity contribution in [1.29, 1.82) is 0 Å². The smallest absolute Gasteiger partial charge is 0.0264 e. The van der Waals surface area contributed by atoms with Gasteiger partial charge >= 0.3 is 0 Å². The van der Waals surface area contributed by atoms with E-state index in [1.807, 2.05) is 0 Å². The fourth-order valence-electron chi connectivity index (χ4n) is 9.32. The Hall–Kier alpha value is 0. The molecule has 0 N–H and O–H groups in total. The second-order valence-electron chi connectivity index (χ2n) is 12.4. The third kappa shape index (κ3) is 3.44. The lowest BCUT2D eigenvalue weighted by atomic mass is 9.44. The van der Waals surface area contributed by atoms with Gasteiger partial charge in [0.2, 0.25) is 0 Å². The van der Waals surface area contributed by atoms with E-state index in [4.69, 9.17) is 0 Å². The van der Waals surface area contributed by atoms with Crippen LogP contribution in [0.4, 0.5) is 0 Å². The van der Waals surface area contributed by atoms with Crippen LogP contribution in [-0.2, 0) is 0 Å². The Labute approximate surface area is 170 Å². The van der Waals surface area contributed by atoms with Crippen molar-refractivity contribution >= 4 is 0 Å². The van der Waals surface area contributed by atoms with Gasteiger partial charge in [-0.1, -0.05) is 66.7 Å². The summed E-state index contributed by atoms with van der Waals surface area (Å²) in [5.74, 6) is 7.15. The molecule has 0 saturated heterocycles. The van der Waals surface area contributed by atoms with E-state index in [1.54, 1.807) is 51.4 Å². The average molecular weight is 373 g/mol. The van der Waals surface area contributed by atoms with Crippen LogP contribution in [0.25, 0.3) is 0 Å². The molecule has 0 spiro atoms. The highest BCUT2D eigenvalue weighted by Gasteiger charge is 2.59. The lowest BCUT2D eigenvalue weighted by Crippen LogP contribution is -2.53. The Bertz CT molecular complexity index is 506. The number of rotatable bonds is 5. The monoisotopic (exact) mass is 372 g/mol. The molecule has 8 atom stereocenters. The van der Waals surface area contributed by atoms with Gasteiger partial charge in [0.1, 0.15) is 0 Å². The molecule has 156 valence electrons. The minimum Gasteiger partial charge on any atom is -0.0628 e. The molecule has 0 aromatic rings. The van der Waals surface area contributed by atoms with Gasteiger partial charge in [-0.3, -0.25) is 0 Å². The van der Waals surface area contributed by atoms with Crippen LogP contribution in [-0.4, -0.2) is 0 Å². The van der Waals surface area contributed by atoms with E-state index in [-0.39, 0.29) is 0 Å². The number of hydrogen-bond donors (Lipinski definition) is 0. The molecule has 4 rings (SSSR count). The highest BCUT2D eigenvalue weighted by atomic mass is 14.6. The van der Waals surface area contributed by atoms with Crippen molar-refractivity contribution < 1.29 is 0 Å². The van der Waals surface area contributed by atoms with E-state index in [1.165, 1.54) is 32.1 Å². The van der Waals surface area contributed by atoms with Crippen LogP contribution in [0.3, 0.4) is 0 Å². The summed E-state index contributed by atoms with van der Waals surface area (Å²) in [6, 6.07) is 0. The van der Waals surface area contributed by atoms with Crippen LogP contribution in [0.2, 0.25) is 0 Å². The summed E-state index contributed by atoms with van der Waals surface area (Å²) >= 11 is 0. The molecule has 0 heteroatoms. The summed E-state index contributed by atoms with van der Waals surface area (Å²) in [4.78, 5) is 0. The zero-order chi connectivity index (χ0) is 19.2. The van der Waals surface area contributed by atoms with Crippen LogP contribution in [0, 0.1) is 52.3 Å². The van der Waals surface area contributed by atoms with Gasteiger partial charge in [0, 0.05) is 0 Å². The Balaban J connectivity index is 1.46. The third-order valence-electron chi connectivity index (χ3n) is 10.8. The summed E-state index contributed by atoms with van der Waals surface area (Å²) in [6.45, 7) is 12.9. The van der Waals surface area contributed by atoms with Gasteiger partial charge in [-0.05, 0) is 104 Å². The molecule has 4 aliphatic carbocycles. The predicted octanol–water partition coefficient (Wildman–Crippen LogP) is 8.50. The second-order valence-corrected chi connectivity index (χ2v) is 12.4. The van der Waals surface area contributed by atoms with E-state index in [0.29, 0.717) is 10.8 Å². The first-order chi connectivity index (χ1) is 12.9. The summed E-state index contributed by atoms with van der Waals surface area (Å²) in [6.07, 6.45) is 19.9. The summed E-state index contributed by atoms with van der Waals surface area (Å²) in [7, 11) is 0. The van der Waals surface area contributed by atoms with Crippen LogP contribution in [0.5, 0.6) is 0 Å². The van der Waals surface area contributed by atoms with Gasteiger partial charge in [0.25, 0.3) is 0 Å². The van der Waals surface area contributed by atoms with Gasteiger partial charge in [0.15, 0.2) is 0 Å². The van der Waals surface area contributed by atoms with Crippen molar-refractivity contribution in [2.24, 2.45) is 52.3 Å². The van der Waals surface area contributed by atoms with Crippen LogP contribution in [0.1, 0.15) is 118 Å². The Morgan fingerprint density at radius 2 is 1.52 bits per heavy atom. The molecule has 0 radical (unpaired) electrons. The van der Waals surface area contributed by atoms with Crippen molar-refractivity contribution in [2.45, 2.75) is 118 Å². The minimum absolute atomic E-state index is 0.677. The second kappa shape index (κ2) is 7.68. The lowest BCUT2D eigenvalue weighted by Gasteiger charge is -2.61. The zero-order valence-electron chi connectivity index (χ0n) is 19.2. The van der Waals surface area contributed by atoms with E-state index in [0.717, 1.165) is 41.4 Å². The largest absolute Gasteiger partial charge is 0.0628 e. The summed E-state index contributed by atoms with van der Waals surface area (Å²) in [5, 5.41) is 0. The molecule has 0 aromatic heterocycles. The quantitative estimate of drug-likeness (QED) is 0.453. The van der Waals surface area contributed by atoms with Crippen molar-refractivity contribution in [3.63, 3.8) is 0 Å². The third-order valence-corrected chi connectivity index (χ3v) is 10.8. The molecule has 0 amide bonds. The van der Waals surface area contributed by atoms with Crippen LogP contribution >= 0.6 is 0 Å². The molecular formula is C27H48. The highest BCUT2D eigenvalue weighted by molar-refractivity contribution is 5.09. The van der Waals surface area contributed by atoms with Gasteiger partial charge in [0.05, 0.1) is 0 Å². The van der Waals surface area contributed by atoms with E-state index >= 15 is 0 Å². The van der Waals surface area contributed by atoms with Crippen molar-refractivity contribution in [3.05, 3.63) is 0 Å². The topological polar surface area (TPSA) is 0 Å². The van der Waals surface area contributed by atoms with Gasteiger partial charge in [-0.2, -0.15) is 0 Å². The molecule has 0 aromatic carbocycles. The fourth-order valence-corrected chi connectivity index (χ4v) is 9.32. The maximum Gasteiger partial charge on any atom is -0.0264 e. The van der Waals surface area contributed by atoms with E-state index in [2.05, 4.69) is 34.6 Å². The van der Waals surface area contributed by atoms with Crippen molar-refractivity contribution in [3.8, 4) is 0 Å². The first-order valence-electron chi connectivity index (χ1n) is 12.9. The first-order valence-corrected chi connectivity index (χ1v) is 12.9. The molecule has 0 nitrogen and oxygen atoms in total. The van der Waals surface area contributed by atoms with Gasteiger partial charge in [-0.25, -0.2) is 0 Å². The Morgan fingerprint density at radius 1 is 0.741 bits per heavy atom. The zero-order valence-corrected chi connectivity index (χ0v) is 19.2. The Morgan fingerprint density at radius 3 is 2.30 bits per heavy atom. The maximum atomic E-state index is 2.75. The molecule has 4 unspecified atom stereocenters. The molecular weight excluding hydrogens is 324 g/mol. The van der Waals surface area contributed by atoms with E-state index in [9.17, 15) is 0 Å². The Kier molecular flexibility index (Phi) is 5.77. The minimum atomic E-state index is 0.677. The summed E-state index contributed by atoms with van der Waals surface area (Å²) in [5.41, 5.74) is 1.39. The molecule has 0 bridgehead atoms. The normalized spacial score (nSPS) is 48.0. The number of fused-ring (bicyclic) bond motifs is 5.